The lowest BCUT2D eigenvalue weighted by atomic mass is 9.68. The standard InChI is InChI=1S/C19H23ClN2O3/c20-15-8-17-18(25-2-1-24-17)9-16(15)21-19(23)22-10-13-4-11-3-12(5-13)7-14(22)6-11/h8-9,11-14H,1-7,10H2,(H,21,23). The third-order valence-corrected chi connectivity index (χ3v) is 6.55. The first kappa shape index (κ1) is 15.6. The molecule has 2 saturated carbocycles. The zero-order chi connectivity index (χ0) is 17.0. The van der Waals surface area contributed by atoms with E-state index in [0.29, 0.717) is 47.4 Å². The van der Waals surface area contributed by atoms with E-state index in [1.807, 2.05) is 0 Å². The van der Waals surface area contributed by atoms with Crippen LogP contribution in [0.2, 0.25) is 5.02 Å². The van der Waals surface area contributed by atoms with Crippen molar-refractivity contribution in [1.29, 1.82) is 0 Å². The summed E-state index contributed by atoms with van der Waals surface area (Å²) in [6.07, 6.45) is 6.28. The summed E-state index contributed by atoms with van der Waals surface area (Å²) < 4.78 is 11.1. The summed E-state index contributed by atoms with van der Waals surface area (Å²) >= 11 is 6.35. The summed E-state index contributed by atoms with van der Waals surface area (Å²) in [5.74, 6) is 3.58. The van der Waals surface area contributed by atoms with Gasteiger partial charge in [-0.15, -0.1) is 0 Å². The maximum absolute atomic E-state index is 13.0. The molecule has 2 unspecified atom stereocenters. The number of benzene rings is 1. The number of anilines is 1. The second kappa shape index (κ2) is 5.97. The van der Waals surface area contributed by atoms with Gasteiger partial charge in [-0.1, -0.05) is 11.6 Å². The van der Waals surface area contributed by atoms with Crippen LogP contribution in [0.3, 0.4) is 0 Å². The minimum Gasteiger partial charge on any atom is -0.486 e. The summed E-state index contributed by atoms with van der Waals surface area (Å²) in [7, 11) is 0. The fourth-order valence-corrected chi connectivity index (χ4v) is 5.58. The Morgan fingerprint density at radius 1 is 1.00 bits per heavy atom. The highest BCUT2D eigenvalue weighted by atomic mass is 35.5. The number of halogens is 1. The summed E-state index contributed by atoms with van der Waals surface area (Å²) in [6.45, 7) is 1.92. The van der Waals surface area contributed by atoms with E-state index < -0.39 is 0 Å². The SMILES string of the molecule is O=C(Nc1cc2c(cc1Cl)OCCO2)N1CC2CC3CC(C2)CC1C3. The van der Waals surface area contributed by atoms with Gasteiger partial charge in [-0.05, 0) is 49.9 Å². The molecule has 2 aliphatic carbocycles. The average Bonchev–Trinajstić information content (AvgIpc) is 2.79. The molecule has 0 radical (unpaired) electrons. The molecule has 2 amide bonds. The molecule has 5 aliphatic rings. The highest BCUT2D eigenvalue weighted by molar-refractivity contribution is 6.34. The van der Waals surface area contributed by atoms with Crippen LogP contribution >= 0.6 is 11.6 Å². The van der Waals surface area contributed by atoms with Gasteiger partial charge in [-0.25, -0.2) is 4.79 Å². The van der Waals surface area contributed by atoms with Crippen LogP contribution < -0.4 is 14.8 Å². The van der Waals surface area contributed by atoms with Gasteiger partial charge in [0.1, 0.15) is 13.2 Å². The van der Waals surface area contributed by atoms with Crippen molar-refractivity contribution >= 4 is 23.3 Å². The van der Waals surface area contributed by atoms with Crippen LogP contribution in [0.4, 0.5) is 10.5 Å². The van der Waals surface area contributed by atoms with Gasteiger partial charge < -0.3 is 19.7 Å². The number of rotatable bonds is 1. The summed E-state index contributed by atoms with van der Waals surface area (Å²) in [5.41, 5.74) is 0.597. The van der Waals surface area contributed by atoms with Gasteiger partial charge in [-0.2, -0.15) is 0 Å². The molecule has 5 nitrogen and oxygen atoms in total. The molecule has 4 bridgehead atoms. The highest BCUT2D eigenvalue weighted by Gasteiger charge is 2.44. The van der Waals surface area contributed by atoms with Crippen LogP contribution in [-0.4, -0.2) is 36.7 Å². The maximum Gasteiger partial charge on any atom is 0.322 e. The molecule has 25 heavy (non-hydrogen) atoms. The number of nitrogens with zero attached hydrogens (tertiary/aromatic N) is 1. The van der Waals surface area contributed by atoms with Crippen molar-refractivity contribution in [2.24, 2.45) is 17.8 Å². The van der Waals surface area contributed by atoms with Gasteiger partial charge >= 0.3 is 6.03 Å². The van der Waals surface area contributed by atoms with E-state index >= 15 is 0 Å². The second-order valence-corrected chi connectivity index (χ2v) is 8.40. The minimum absolute atomic E-state index is 0.0308. The molecule has 6 rings (SSSR count). The molecule has 0 spiro atoms. The molecule has 1 aromatic rings. The second-order valence-electron chi connectivity index (χ2n) is 7.99. The van der Waals surface area contributed by atoms with Crippen molar-refractivity contribution in [3.8, 4) is 11.5 Å². The van der Waals surface area contributed by atoms with Crippen molar-refractivity contribution in [2.75, 3.05) is 25.1 Å². The van der Waals surface area contributed by atoms with E-state index in [4.69, 9.17) is 21.1 Å². The van der Waals surface area contributed by atoms with Gasteiger partial charge in [0.2, 0.25) is 0 Å². The number of hydrogen-bond donors (Lipinski definition) is 1. The maximum atomic E-state index is 13.0. The van der Waals surface area contributed by atoms with E-state index in [0.717, 1.165) is 31.2 Å². The number of carbonyl (C=O) groups is 1. The van der Waals surface area contributed by atoms with E-state index in [1.54, 1.807) is 12.1 Å². The van der Waals surface area contributed by atoms with Crippen molar-refractivity contribution < 1.29 is 14.3 Å². The quantitative estimate of drug-likeness (QED) is 0.816. The molecule has 1 N–H and O–H groups in total. The first-order valence-corrected chi connectivity index (χ1v) is 9.70. The van der Waals surface area contributed by atoms with Crippen LogP contribution in [0.25, 0.3) is 0 Å². The summed E-state index contributed by atoms with van der Waals surface area (Å²) in [4.78, 5) is 15.1. The highest BCUT2D eigenvalue weighted by Crippen LogP contribution is 2.47. The van der Waals surface area contributed by atoms with E-state index in [-0.39, 0.29) is 6.03 Å². The molecule has 0 aromatic heterocycles. The Morgan fingerprint density at radius 2 is 1.64 bits per heavy atom. The minimum atomic E-state index is -0.0308. The largest absolute Gasteiger partial charge is 0.486 e. The van der Waals surface area contributed by atoms with Crippen LogP contribution in [0, 0.1) is 17.8 Å². The Kier molecular flexibility index (Phi) is 3.73. The number of carbonyl (C=O) groups excluding carboxylic acids is 1. The normalized spacial score (nSPS) is 32.4. The van der Waals surface area contributed by atoms with Crippen molar-refractivity contribution in [3.63, 3.8) is 0 Å². The zero-order valence-corrected chi connectivity index (χ0v) is 14.9. The molecule has 6 heteroatoms. The Bertz CT molecular complexity index is 696. The van der Waals surface area contributed by atoms with E-state index in [1.165, 1.54) is 19.3 Å². The van der Waals surface area contributed by atoms with Crippen LogP contribution in [0.1, 0.15) is 32.1 Å². The van der Waals surface area contributed by atoms with Crippen LogP contribution in [0.5, 0.6) is 11.5 Å². The van der Waals surface area contributed by atoms with Crippen molar-refractivity contribution in [2.45, 2.75) is 38.1 Å². The lowest BCUT2D eigenvalue weighted by Crippen LogP contribution is -2.44. The van der Waals surface area contributed by atoms with Crippen LogP contribution in [0.15, 0.2) is 12.1 Å². The first-order chi connectivity index (χ1) is 12.2. The Morgan fingerprint density at radius 3 is 2.36 bits per heavy atom. The van der Waals surface area contributed by atoms with Crippen molar-refractivity contribution in [3.05, 3.63) is 17.2 Å². The molecule has 1 aromatic carbocycles. The lowest BCUT2D eigenvalue weighted by molar-refractivity contribution is 0.136. The Labute approximate surface area is 152 Å². The Hall–Kier alpha value is -1.62. The molecular formula is C19H23ClN2O3. The summed E-state index contributed by atoms with van der Waals surface area (Å²) in [6, 6.07) is 3.85. The van der Waals surface area contributed by atoms with Gasteiger partial charge in [0, 0.05) is 24.7 Å². The van der Waals surface area contributed by atoms with Gasteiger partial charge in [0.25, 0.3) is 0 Å². The molecule has 134 valence electrons. The number of hydrogen-bond acceptors (Lipinski definition) is 3. The number of fused-ring (bicyclic) bond motifs is 2. The monoisotopic (exact) mass is 362 g/mol. The van der Waals surface area contributed by atoms with Gasteiger partial charge in [-0.3, -0.25) is 0 Å². The van der Waals surface area contributed by atoms with Gasteiger partial charge in [0.05, 0.1) is 10.7 Å². The molecule has 3 aliphatic heterocycles. The van der Waals surface area contributed by atoms with Crippen LogP contribution in [-0.2, 0) is 0 Å². The van der Waals surface area contributed by atoms with E-state index in [2.05, 4.69) is 10.2 Å². The third kappa shape index (κ3) is 2.82. The smallest absolute Gasteiger partial charge is 0.322 e. The molecular weight excluding hydrogens is 340 g/mol. The molecule has 2 atom stereocenters. The first-order valence-electron chi connectivity index (χ1n) is 9.32. The zero-order valence-electron chi connectivity index (χ0n) is 14.2. The molecule has 4 fully saturated rings. The average molecular weight is 363 g/mol. The lowest BCUT2D eigenvalue weighted by Gasteiger charge is -2.38. The number of amides is 2. The third-order valence-electron chi connectivity index (χ3n) is 6.24. The van der Waals surface area contributed by atoms with E-state index in [9.17, 15) is 4.79 Å². The number of ether oxygens (including phenoxy) is 2. The Balaban J connectivity index is 1.37. The fourth-order valence-electron chi connectivity index (χ4n) is 5.38. The summed E-state index contributed by atoms with van der Waals surface area (Å²) in [5, 5.41) is 3.50. The molecule has 2 saturated heterocycles. The van der Waals surface area contributed by atoms with Gasteiger partial charge in [0.15, 0.2) is 11.5 Å². The predicted octanol–water partition coefficient (Wildman–Crippen LogP) is 4.15. The fraction of sp³-hybridized carbons (Fsp3) is 0.632. The topological polar surface area (TPSA) is 50.8 Å². The van der Waals surface area contributed by atoms with Crippen molar-refractivity contribution in [1.82, 2.24) is 4.90 Å². The molecule has 3 heterocycles. The number of nitrogens with one attached hydrogen (secondary N) is 1. The predicted molar refractivity (Wildman–Crippen MR) is 95.5 cm³/mol. The number of urea groups is 1.